The van der Waals surface area contributed by atoms with Crippen LogP contribution in [0, 0.1) is 0 Å². The molecule has 0 fully saturated rings. The summed E-state index contributed by atoms with van der Waals surface area (Å²) in [5, 5.41) is 1.25. The van der Waals surface area contributed by atoms with Crippen molar-refractivity contribution >= 4 is 33.4 Å². The zero-order valence-electron chi connectivity index (χ0n) is 10.1. The first-order chi connectivity index (χ1) is 9.56. The Bertz CT molecular complexity index is 606. The Morgan fingerprint density at radius 1 is 0.850 bits per heavy atom. The lowest BCUT2D eigenvalue weighted by Crippen LogP contribution is -2.11. The lowest BCUT2D eigenvalue weighted by atomic mass is 10.3. The van der Waals surface area contributed by atoms with Crippen LogP contribution in [0.3, 0.4) is 0 Å². The summed E-state index contributed by atoms with van der Waals surface area (Å²) >= 11 is 0. The van der Waals surface area contributed by atoms with Gasteiger partial charge < -0.3 is 11.5 Å². The number of amides is 2. The van der Waals surface area contributed by atoms with E-state index in [0.29, 0.717) is 21.2 Å². The van der Waals surface area contributed by atoms with Crippen molar-refractivity contribution in [2.75, 3.05) is 0 Å². The number of nitrogens with zero attached hydrogens (tertiary/aromatic N) is 2. The van der Waals surface area contributed by atoms with Crippen LogP contribution in [0.25, 0.3) is 0 Å². The van der Waals surface area contributed by atoms with Crippen LogP contribution in [0.15, 0.2) is 46.7 Å². The van der Waals surface area contributed by atoms with Gasteiger partial charge in [-0.1, -0.05) is 0 Å². The number of aromatic nitrogens is 2. The van der Waals surface area contributed by atoms with Crippen LogP contribution in [0.2, 0.25) is 0 Å². The quantitative estimate of drug-likeness (QED) is 0.809. The highest BCUT2D eigenvalue weighted by atomic mass is 33.1. The molecule has 8 heteroatoms. The maximum Gasteiger partial charge on any atom is 0.248 e. The molecular weight excluding hydrogens is 296 g/mol. The molecule has 4 N–H and O–H groups in total. The molecule has 0 aromatic carbocycles. The molecule has 0 aliphatic rings. The molecule has 2 amide bonds. The number of carbonyl (C=O) groups excluding carboxylic acids is 2. The van der Waals surface area contributed by atoms with Crippen LogP contribution in [0.4, 0.5) is 0 Å². The van der Waals surface area contributed by atoms with Crippen molar-refractivity contribution < 1.29 is 9.59 Å². The van der Waals surface area contributed by atoms with Crippen LogP contribution < -0.4 is 11.5 Å². The van der Waals surface area contributed by atoms with E-state index < -0.39 is 11.8 Å². The fourth-order valence-electron chi connectivity index (χ4n) is 1.30. The first-order valence-corrected chi connectivity index (χ1v) is 7.57. The third-order valence-corrected chi connectivity index (χ3v) is 4.40. The van der Waals surface area contributed by atoms with E-state index in [1.54, 1.807) is 24.3 Å². The molecule has 6 nitrogen and oxygen atoms in total. The van der Waals surface area contributed by atoms with Crippen molar-refractivity contribution in [3.05, 3.63) is 47.8 Å². The zero-order valence-corrected chi connectivity index (χ0v) is 11.8. The van der Waals surface area contributed by atoms with Gasteiger partial charge in [0.25, 0.3) is 0 Å². The van der Waals surface area contributed by atoms with Gasteiger partial charge in [0.2, 0.25) is 11.8 Å². The monoisotopic (exact) mass is 306 g/mol. The normalized spacial score (nSPS) is 10.2. The van der Waals surface area contributed by atoms with Crippen LogP contribution in [-0.2, 0) is 0 Å². The minimum absolute atomic E-state index is 0.391. The molecule has 0 aliphatic carbocycles. The van der Waals surface area contributed by atoms with Crippen LogP contribution in [0.1, 0.15) is 20.7 Å². The highest BCUT2D eigenvalue weighted by Gasteiger charge is 2.06. The van der Waals surface area contributed by atoms with Gasteiger partial charge in [-0.15, -0.1) is 0 Å². The second-order valence-electron chi connectivity index (χ2n) is 3.66. The summed E-state index contributed by atoms with van der Waals surface area (Å²) in [5.41, 5.74) is 11.2. The number of carbonyl (C=O) groups is 2. The first kappa shape index (κ1) is 14.4. The van der Waals surface area contributed by atoms with Crippen LogP contribution in [0.5, 0.6) is 0 Å². The third-order valence-electron chi connectivity index (χ3n) is 2.25. The van der Waals surface area contributed by atoms with E-state index in [9.17, 15) is 9.59 Å². The minimum atomic E-state index is -0.506. The van der Waals surface area contributed by atoms with Gasteiger partial charge in [-0.2, -0.15) is 0 Å². The SMILES string of the molecule is NC(=O)c1ccnc(SSc2cc(C(N)=O)ccn2)c1. The number of rotatable bonds is 5. The van der Waals surface area contributed by atoms with E-state index in [1.165, 1.54) is 34.0 Å². The van der Waals surface area contributed by atoms with E-state index in [4.69, 9.17) is 11.5 Å². The van der Waals surface area contributed by atoms with Gasteiger partial charge in [0.15, 0.2) is 0 Å². The molecule has 0 atom stereocenters. The Labute approximate surface area is 122 Å². The maximum absolute atomic E-state index is 11.1. The summed E-state index contributed by atoms with van der Waals surface area (Å²) in [6, 6.07) is 6.28. The second-order valence-corrected chi connectivity index (χ2v) is 5.83. The molecule has 0 radical (unpaired) electrons. The zero-order chi connectivity index (χ0) is 14.5. The molecule has 0 bridgehead atoms. The Balaban J connectivity index is 2.08. The molecule has 20 heavy (non-hydrogen) atoms. The van der Waals surface area contributed by atoms with E-state index in [1.807, 2.05) is 0 Å². The summed E-state index contributed by atoms with van der Waals surface area (Å²) in [4.78, 5) is 30.3. The fourth-order valence-corrected chi connectivity index (χ4v) is 3.09. The van der Waals surface area contributed by atoms with E-state index in [0.717, 1.165) is 0 Å². The molecule has 0 saturated heterocycles. The Hall–Kier alpha value is -2.06. The summed E-state index contributed by atoms with van der Waals surface area (Å²) in [6.07, 6.45) is 3.02. The smallest absolute Gasteiger partial charge is 0.248 e. The van der Waals surface area contributed by atoms with Gasteiger partial charge in [-0.25, -0.2) is 9.97 Å². The second kappa shape index (κ2) is 6.40. The molecule has 0 unspecified atom stereocenters. The van der Waals surface area contributed by atoms with Crippen molar-refractivity contribution in [3.63, 3.8) is 0 Å². The molecule has 0 saturated carbocycles. The van der Waals surface area contributed by atoms with Crippen molar-refractivity contribution in [1.82, 2.24) is 9.97 Å². The van der Waals surface area contributed by atoms with E-state index in [-0.39, 0.29) is 0 Å². The first-order valence-electron chi connectivity index (χ1n) is 5.42. The summed E-state index contributed by atoms with van der Waals surface area (Å²) < 4.78 is 0. The highest BCUT2D eigenvalue weighted by Crippen LogP contribution is 2.35. The van der Waals surface area contributed by atoms with Crippen molar-refractivity contribution in [2.24, 2.45) is 11.5 Å². The molecule has 0 spiro atoms. The van der Waals surface area contributed by atoms with Gasteiger partial charge in [0.1, 0.15) is 10.1 Å². The Kier molecular flexibility index (Phi) is 4.59. The van der Waals surface area contributed by atoms with Crippen LogP contribution in [-0.4, -0.2) is 21.8 Å². The van der Waals surface area contributed by atoms with Crippen molar-refractivity contribution in [3.8, 4) is 0 Å². The molecule has 2 heterocycles. The summed E-state index contributed by atoms with van der Waals surface area (Å²) in [5.74, 6) is -1.01. The number of pyridine rings is 2. The average molecular weight is 306 g/mol. The Morgan fingerprint density at radius 2 is 1.25 bits per heavy atom. The largest absolute Gasteiger partial charge is 0.366 e. The van der Waals surface area contributed by atoms with E-state index >= 15 is 0 Å². The number of hydrogen-bond donors (Lipinski definition) is 2. The molecule has 2 rings (SSSR count). The number of hydrogen-bond acceptors (Lipinski definition) is 6. The van der Waals surface area contributed by atoms with E-state index in [2.05, 4.69) is 9.97 Å². The summed E-state index contributed by atoms with van der Waals surface area (Å²) in [7, 11) is 2.62. The van der Waals surface area contributed by atoms with Gasteiger partial charge in [-0.05, 0) is 45.9 Å². The molecule has 2 aromatic heterocycles. The number of primary amides is 2. The fraction of sp³-hybridized carbons (Fsp3) is 0. The predicted molar refractivity (Wildman–Crippen MR) is 77.2 cm³/mol. The van der Waals surface area contributed by atoms with Gasteiger partial charge >= 0.3 is 0 Å². The average Bonchev–Trinajstić information content (AvgIpc) is 2.45. The lowest BCUT2D eigenvalue weighted by Gasteiger charge is -2.02. The van der Waals surface area contributed by atoms with Gasteiger partial charge in [-0.3, -0.25) is 9.59 Å². The third kappa shape index (κ3) is 3.72. The predicted octanol–water partition coefficient (Wildman–Crippen LogP) is 1.47. The van der Waals surface area contributed by atoms with Gasteiger partial charge in [0.05, 0.1) is 0 Å². The molecule has 2 aromatic rings. The standard InChI is InChI=1S/C12H10N4O2S2/c13-11(17)7-1-3-15-9(5-7)19-20-10-6-8(12(14)18)2-4-16-10/h1-6H,(H2,13,17)(H2,14,18). The van der Waals surface area contributed by atoms with Crippen LogP contribution >= 0.6 is 21.6 Å². The highest BCUT2D eigenvalue weighted by molar-refractivity contribution is 8.76. The Morgan fingerprint density at radius 3 is 1.60 bits per heavy atom. The molecule has 0 aliphatic heterocycles. The number of nitrogens with two attached hydrogens (primary N) is 2. The van der Waals surface area contributed by atoms with Crippen molar-refractivity contribution in [1.29, 1.82) is 0 Å². The van der Waals surface area contributed by atoms with Crippen molar-refractivity contribution in [2.45, 2.75) is 10.1 Å². The van der Waals surface area contributed by atoms with Gasteiger partial charge in [0, 0.05) is 23.5 Å². The topological polar surface area (TPSA) is 112 Å². The molecule has 102 valence electrons. The lowest BCUT2D eigenvalue weighted by molar-refractivity contribution is 0.0991. The summed E-state index contributed by atoms with van der Waals surface area (Å²) in [6.45, 7) is 0. The minimum Gasteiger partial charge on any atom is -0.366 e. The maximum atomic E-state index is 11.1. The molecular formula is C12H10N4O2S2.